The zero-order chi connectivity index (χ0) is 30.8. The van der Waals surface area contributed by atoms with Crippen LogP contribution in [0.2, 0.25) is 0 Å². The van der Waals surface area contributed by atoms with Gasteiger partial charge in [-0.25, -0.2) is 23.2 Å². The van der Waals surface area contributed by atoms with E-state index in [0.717, 1.165) is 34.7 Å². The minimum absolute atomic E-state index is 0.229. The summed E-state index contributed by atoms with van der Waals surface area (Å²) in [5.41, 5.74) is 1.45. The van der Waals surface area contributed by atoms with Crippen molar-refractivity contribution in [2.24, 2.45) is 11.8 Å². The number of benzene rings is 2. The summed E-state index contributed by atoms with van der Waals surface area (Å²) in [6.45, 7) is 5.34. The lowest BCUT2D eigenvalue weighted by atomic mass is 9.91. The topological polar surface area (TPSA) is 129 Å². The van der Waals surface area contributed by atoms with Gasteiger partial charge in [-0.2, -0.15) is 0 Å². The van der Waals surface area contributed by atoms with E-state index in [-0.39, 0.29) is 11.7 Å². The van der Waals surface area contributed by atoms with Gasteiger partial charge in [0.25, 0.3) is 0 Å². The minimum atomic E-state index is -3.62. The molecule has 10 nitrogen and oxygen atoms in total. The largest absolute Gasteiger partial charge is 0.465 e. The lowest BCUT2D eigenvalue weighted by molar-refractivity contribution is 0.174. The lowest BCUT2D eigenvalue weighted by Crippen LogP contribution is -2.44. The standard InChI is InChI=1S/C32H37N5O5S/c1-22-15-26(22)21-37(20-24-13-9-6-10-14-24)29-17-25(16-28(34-29)36(3)43(4,40)41)30-33-19-27(42-30)32(2,35-31(38)39)18-23-11-7-5-8-12-23/h5-14,16-17,19,22,26,35H,15,18,20-21H2,1-4H3,(H,38,39)/t22-,26+,32+/m0/s1. The zero-order valence-electron chi connectivity index (χ0n) is 24.8. The Hall–Kier alpha value is -4.38. The van der Waals surface area contributed by atoms with E-state index in [4.69, 9.17) is 9.40 Å². The third kappa shape index (κ3) is 7.34. The number of rotatable bonds is 12. The lowest BCUT2D eigenvalue weighted by Gasteiger charge is -2.27. The first kappa shape index (κ1) is 30.1. The number of sulfonamides is 1. The van der Waals surface area contributed by atoms with Crippen LogP contribution in [-0.4, -0.2) is 49.4 Å². The summed E-state index contributed by atoms with van der Waals surface area (Å²) in [6, 6.07) is 23.1. The molecule has 0 unspecified atom stereocenters. The van der Waals surface area contributed by atoms with Crippen molar-refractivity contribution >= 4 is 27.8 Å². The van der Waals surface area contributed by atoms with Crippen LogP contribution in [0.4, 0.5) is 16.4 Å². The predicted molar refractivity (Wildman–Crippen MR) is 166 cm³/mol. The molecule has 0 aliphatic heterocycles. The van der Waals surface area contributed by atoms with Gasteiger partial charge in [-0.1, -0.05) is 67.6 Å². The molecule has 1 aliphatic carbocycles. The van der Waals surface area contributed by atoms with Gasteiger partial charge in [0.1, 0.15) is 17.2 Å². The van der Waals surface area contributed by atoms with Crippen LogP contribution < -0.4 is 14.5 Å². The second kappa shape index (κ2) is 12.1. The van der Waals surface area contributed by atoms with E-state index in [1.54, 1.807) is 13.0 Å². The maximum absolute atomic E-state index is 12.6. The van der Waals surface area contributed by atoms with E-state index >= 15 is 0 Å². The molecule has 0 spiro atoms. The van der Waals surface area contributed by atoms with Crippen molar-refractivity contribution in [1.29, 1.82) is 0 Å². The first-order chi connectivity index (χ1) is 20.4. The number of aromatic nitrogens is 2. The van der Waals surface area contributed by atoms with Crippen molar-refractivity contribution in [3.63, 3.8) is 0 Å². The summed E-state index contributed by atoms with van der Waals surface area (Å²) in [5.74, 6) is 2.51. The summed E-state index contributed by atoms with van der Waals surface area (Å²) >= 11 is 0. The maximum atomic E-state index is 12.6. The van der Waals surface area contributed by atoms with Crippen LogP contribution in [0.3, 0.4) is 0 Å². The van der Waals surface area contributed by atoms with Crippen LogP contribution >= 0.6 is 0 Å². The maximum Gasteiger partial charge on any atom is 0.405 e. The Bertz CT molecular complexity index is 1680. The van der Waals surface area contributed by atoms with Gasteiger partial charge < -0.3 is 19.7 Å². The van der Waals surface area contributed by atoms with E-state index in [0.29, 0.717) is 41.9 Å². The van der Waals surface area contributed by atoms with Gasteiger partial charge in [-0.05, 0) is 48.4 Å². The van der Waals surface area contributed by atoms with E-state index in [2.05, 4.69) is 34.3 Å². The molecular weight excluding hydrogens is 566 g/mol. The Morgan fingerprint density at radius 2 is 1.67 bits per heavy atom. The molecule has 0 bridgehead atoms. The quantitative estimate of drug-likeness (QED) is 0.217. The van der Waals surface area contributed by atoms with Gasteiger partial charge in [0.15, 0.2) is 5.76 Å². The molecule has 4 aromatic rings. The van der Waals surface area contributed by atoms with Gasteiger partial charge in [0, 0.05) is 32.1 Å². The highest BCUT2D eigenvalue weighted by molar-refractivity contribution is 7.92. The molecule has 2 aromatic carbocycles. The average molecular weight is 604 g/mol. The SMILES string of the molecule is C[C@H]1C[C@@H]1CN(Cc1ccccc1)c1cc(-c2ncc([C@@](C)(Cc3ccccc3)NC(=O)O)o2)cc(N(C)S(C)(=O)=O)n1. The third-order valence-electron chi connectivity index (χ3n) is 7.97. The molecule has 5 rings (SSSR count). The third-order valence-corrected chi connectivity index (χ3v) is 9.15. The van der Waals surface area contributed by atoms with E-state index in [1.807, 2.05) is 54.6 Å². The number of amides is 1. The Kier molecular flexibility index (Phi) is 8.45. The molecule has 3 atom stereocenters. The highest BCUT2D eigenvalue weighted by atomic mass is 32.2. The normalized spacial score (nSPS) is 17.6. The van der Waals surface area contributed by atoms with Crippen molar-refractivity contribution in [3.8, 4) is 11.5 Å². The minimum Gasteiger partial charge on any atom is -0.465 e. The first-order valence-electron chi connectivity index (χ1n) is 14.2. The van der Waals surface area contributed by atoms with Crippen LogP contribution in [0.25, 0.3) is 11.5 Å². The van der Waals surface area contributed by atoms with Crippen LogP contribution in [0.5, 0.6) is 0 Å². The summed E-state index contributed by atoms with van der Waals surface area (Å²) in [5, 5.41) is 12.3. The summed E-state index contributed by atoms with van der Waals surface area (Å²) in [4.78, 5) is 23.3. The molecule has 11 heteroatoms. The molecule has 43 heavy (non-hydrogen) atoms. The Labute approximate surface area is 252 Å². The molecule has 226 valence electrons. The Morgan fingerprint density at radius 1 is 1.07 bits per heavy atom. The van der Waals surface area contributed by atoms with E-state index < -0.39 is 21.7 Å². The van der Waals surface area contributed by atoms with Gasteiger partial charge in [0.2, 0.25) is 15.9 Å². The zero-order valence-corrected chi connectivity index (χ0v) is 25.6. The molecule has 1 amide bonds. The van der Waals surface area contributed by atoms with Gasteiger partial charge >= 0.3 is 6.09 Å². The van der Waals surface area contributed by atoms with Crippen molar-refractivity contribution in [2.75, 3.05) is 29.1 Å². The molecular formula is C32H37N5O5S. The fraction of sp³-hybridized carbons (Fsp3) is 0.344. The molecule has 0 radical (unpaired) electrons. The average Bonchev–Trinajstić information content (AvgIpc) is 3.42. The van der Waals surface area contributed by atoms with Crippen molar-refractivity contribution in [3.05, 3.63) is 95.9 Å². The van der Waals surface area contributed by atoms with Gasteiger partial charge in [-0.15, -0.1) is 0 Å². The smallest absolute Gasteiger partial charge is 0.405 e. The Balaban J connectivity index is 1.57. The summed E-state index contributed by atoms with van der Waals surface area (Å²) < 4.78 is 32.5. The summed E-state index contributed by atoms with van der Waals surface area (Å²) in [6.07, 6.45) is 2.92. The monoisotopic (exact) mass is 603 g/mol. The van der Waals surface area contributed by atoms with Crippen LogP contribution in [0.1, 0.15) is 37.2 Å². The fourth-order valence-corrected chi connectivity index (χ4v) is 5.63. The van der Waals surface area contributed by atoms with Crippen LogP contribution in [0.15, 0.2) is 83.4 Å². The molecule has 1 saturated carbocycles. The van der Waals surface area contributed by atoms with Gasteiger partial charge in [-0.3, -0.25) is 4.31 Å². The molecule has 2 aromatic heterocycles. The molecule has 0 saturated heterocycles. The van der Waals surface area contributed by atoms with Crippen molar-refractivity contribution < 1.29 is 22.7 Å². The highest BCUT2D eigenvalue weighted by Gasteiger charge is 2.36. The summed E-state index contributed by atoms with van der Waals surface area (Å²) in [7, 11) is -2.15. The van der Waals surface area contributed by atoms with Crippen molar-refractivity contribution in [2.45, 2.75) is 38.8 Å². The number of pyridine rings is 1. The number of anilines is 2. The number of carboxylic acid groups (broad SMARTS) is 1. The number of oxazole rings is 1. The predicted octanol–water partition coefficient (Wildman–Crippen LogP) is 5.52. The molecule has 1 aliphatic rings. The van der Waals surface area contributed by atoms with Crippen LogP contribution in [-0.2, 0) is 28.5 Å². The van der Waals surface area contributed by atoms with Crippen LogP contribution in [0, 0.1) is 11.8 Å². The first-order valence-corrected chi connectivity index (χ1v) is 16.0. The number of nitrogens with zero attached hydrogens (tertiary/aromatic N) is 4. The number of hydrogen-bond donors (Lipinski definition) is 2. The molecule has 2 N–H and O–H groups in total. The highest BCUT2D eigenvalue weighted by Crippen LogP contribution is 2.40. The number of carbonyl (C=O) groups is 1. The second-order valence-corrected chi connectivity index (χ2v) is 13.6. The van der Waals surface area contributed by atoms with E-state index in [9.17, 15) is 18.3 Å². The number of hydrogen-bond acceptors (Lipinski definition) is 7. The Morgan fingerprint density at radius 3 is 2.26 bits per heavy atom. The van der Waals surface area contributed by atoms with Crippen molar-refractivity contribution in [1.82, 2.24) is 15.3 Å². The van der Waals surface area contributed by atoms with E-state index in [1.165, 1.54) is 13.2 Å². The molecule has 2 heterocycles. The molecule has 1 fully saturated rings. The van der Waals surface area contributed by atoms with Gasteiger partial charge in [0.05, 0.1) is 12.5 Å². The second-order valence-electron chi connectivity index (χ2n) is 11.6. The number of nitrogens with one attached hydrogen (secondary N) is 1. The fourth-order valence-electron chi connectivity index (χ4n) is 5.19.